The first kappa shape index (κ1) is 17.3. The fourth-order valence-corrected chi connectivity index (χ4v) is 3.24. The Bertz CT molecular complexity index is 881. The second-order valence-corrected chi connectivity index (χ2v) is 7.07. The number of aliphatic hydroxyl groups excluding tert-OH is 1. The Morgan fingerprint density at radius 2 is 1.96 bits per heavy atom. The van der Waals surface area contributed by atoms with Crippen LogP contribution in [0.2, 0.25) is 5.15 Å². The SMILES string of the molecule is OC1CCN(c2cc(Cl)ncc2C#Cc2cnn(C3CC3(F)F)c2)CC1. The first-order valence-electron chi connectivity index (χ1n) is 8.45. The van der Waals surface area contributed by atoms with Crippen molar-refractivity contribution in [3.05, 3.63) is 40.9 Å². The van der Waals surface area contributed by atoms with Crippen LogP contribution in [-0.4, -0.2) is 45.0 Å². The molecule has 4 rings (SSSR count). The lowest BCUT2D eigenvalue weighted by atomic mass is 10.1. The van der Waals surface area contributed by atoms with Crippen LogP contribution in [0.5, 0.6) is 0 Å². The summed E-state index contributed by atoms with van der Waals surface area (Å²) < 4.78 is 27.5. The van der Waals surface area contributed by atoms with Gasteiger partial charge in [-0.25, -0.2) is 13.8 Å². The lowest BCUT2D eigenvalue weighted by molar-refractivity contribution is 0.0983. The van der Waals surface area contributed by atoms with Crippen molar-refractivity contribution in [3.8, 4) is 11.8 Å². The third kappa shape index (κ3) is 3.53. The molecule has 5 nitrogen and oxygen atoms in total. The average Bonchev–Trinajstić information content (AvgIpc) is 3.03. The van der Waals surface area contributed by atoms with Gasteiger partial charge in [-0.1, -0.05) is 23.4 Å². The topological polar surface area (TPSA) is 54.2 Å². The Labute approximate surface area is 154 Å². The van der Waals surface area contributed by atoms with Gasteiger partial charge < -0.3 is 10.0 Å². The van der Waals surface area contributed by atoms with Gasteiger partial charge in [-0.3, -0.25) is 4.68 Å². The minimum absolute atomic E-state index is 0.173. The molecular formula is C18H17ClF2N4O. The number of piperidine rings is 1. The summed E-state index contributed by atoms with van der Waals surface area (Å²) in [7, 11) is 0. The van der Waals surface area contributed by atoms with E-state index in [9.17, 15) is 13.9 Å². The van der Waals surface area contributed by atoms with Crippen molar-refractivity contribution in [2.45, 2.75) is 37.3 Å². The zero-order chi connectivity index (χ0) is 18.3. The van der Waals surface area contributed by atoms with Crippen molar-refractivity contribution in [2.75, 3.05) is 18.0 Å². The highest BCUT2D eigenvalue weighted by Crippen LogP contribution is 2.52. The second-order valence-electron chi connectivity index (χ2n) is 6.68. The van der Waals surface area contributed by atoms with Crippen LogP contribution in [0.4, 0.5) is 14.5 Å². The molecule has 0 amide bonds. The molecule has 2 aliphatic rings. The van der Waals surface area contributed by atoms with Crippen molar-refractivity contribution in [3.63, 3.8) is 0 Å². The molecule has 136 valence electrons. The molecule has 0 bridgehead atoms. The fourth-order valence-electron chi connectivity index (χ4n) is 3.08. The van der Waals surface area contributed by atoms with Gasteiger partial charge in [0.05, 0.1) is 29.1 Å². The molecule has 2 aromatic heterocycles. The number of aromatic nitrogens is 3. The van der Waals surface area contributed by atoms with Gasteiger partial charge in [0.1, 0.15) is 11.2 Å². The molecule has 0 radical (unpaired) electrons. The van der Waals surface area contributed by atoms with Crippen LogP contribution in [-0.2, 0) is 0 Å². The predicted molar refractivity (Wildman–Crippen MR) is 93.5 cm³/mol. The number of hydrogen-bond acceptors (Lipinski definition) is 4. The van der Waals surface area contributed by atoms with Crippen LogP contribution in [0.1, 0.15) is 36.4 Å². The van der Waals surface area contributed by atoms with Gasteiger partial charge in [-0.15, -0.1) is 0 Å². The van der Waals surface area contributed by atoms with Crippen molar-refractivity contribution < 1.29 is 13.9 Å². The van der Waals surface area contributed by atoms with Crippen molar-refractivity contribution >= 4 is 17.3 Å². The van der Waals surface area contributed by atoms with Crippen molar-refractivity contribution in [1.29, 1.82) is 0 Å². The third-order valence-electron chi connectivity index (χ3n) is 4.71. The lowest BCUT2D eigenvalue weighted by Gasteiger charge is -2.32. The quantitative estimate of drug-likeness (QED) is 0.645. The molecule has 1 N–H and O–H groups in total. The van der Waals surface area contributed by atoms with E-state index in [2.05, 4.69) is 26.8 Å². The van der Waals surface area contributed by atoms with Crippen LogP contribution >= 0.6 is 11.6 Å². The van der Waals surface area contributed by atoms with Crippen molar-refractivity contribution in [1.82, 2.24) is 14.8 Å². The van der Waals surface area contributed by atoms with Gasteiger partial charge in [-0.05, 0) is 12.8 Å². The number of nitrogens with zero attached hydrogens (tertiary/aromatic N) is 4. The van der Waals surface area contributed by atoms with Gasteiger partial charge >= 0.3 is 0 Å². The molecule has 3 heterocycles. The number of aliphatic hydroxyl groups is 1. The Morgan fingerprint density at radius 3 is 2.65 bits per heavy atom. The Morgan fingerprint density at radius 1 is 1.23 bits per heavy atom. The molecule has 8 heteroatoms. The number of halogens is 3. The third-order valence-corrected chi connectivity index (χ3v) is 4.92. The fraction of sp³-hybridized carbons (Fsp3) is 0.444. The Kier molecular flexibility index (Phi) is 4.33. The number of pyridine rings is 1. The second kappa shape index (κ2) is 6.53. The summed E-state index contributed by atoms with van der Waals surface area (Å²) in [6.07, 6.45) is 5.57. The van der Waals surface area contributed by atoms with E-state index < -0.39 is 12.0 Å². The van der Waals surface area contributed by atoms with Gasteiger partial charge in [0.25, 0.3) is 5.92 Å². The predicted octanol–water partition coefficient (Wildman–Crippen LogP) is 2.87. The molecule has 2 fully saturated rings. The molecule has 1 aliphatic heterocycles. The highest BCUT2D eigenvalue weighted by molar-refractivity contribution is 6.29. The van der Waals surface area contributed by atoms with Crippen LogP contribution in [0.15, 0.2) is 24.7 Å². The van der Waals surface area contributed by atoms with Crippen LogP contribution in [0.25, 0.3) is 0 Å². The van der Waals surface area contributed by atoms with E-state index in [1.165, 1.54) is 10.9 Å². The molecule has 0 spiro atoms. The van der Waals surface area contributed by atoms with Gasteiger partial charge in [-0.2, -0.15) is 5.10 Å². The molecule has 1 atom stereocenters. The number of alkyl halides is 2. The van der Waals surface area contributed by atoms with Crippen LogP contribution < -0.4 is 4.90 Å². The first-order valence-corrected chi connectivity index (χ1v) is 8.83. The Balaban J connectivity index is 1.56. The summed E-state index contributed by atoms with van der Waals surface area (Å²) in [5, 5.41) is 14.0. The summed E-state index contributed by atoms with van der Waals surface area (Å²) >= 11 is 6.03. The molecule has 1 unspecified atom stereocenters. The van der Waals surface area contributed by atoms with Gasteiger partial charge in [0.15, 0.2) is 0 Å². The van der Waals surface area contributed by atoms with E-state index in [0.29, 0.717) is 42.2 Å². The summed E-state index contributed by atoms with van der Waals surface area (Å²) in [6, 6.07) is 0.905. The van der Waals surface area contributed by atoms with E-state index in [1.54, 1.807) is 18.5 Å². The lowest BCUT2D eigenvalue weighted by Crippen LogP contribution is -2.36. The molecule has 0 aromatic carbocycles. The molecule has 26 heavy (non-hydrogen) atoms. The van der Waals surface area contributed by atoms with E-state index in [1.807, 2.05) is 0 Å². The van der Waals surface area contributed by atoms with Gasteiger partial charge in [0, 0.05) is 38.0 Å². The molecular weight excluding hydrogens is 362 g/mol. The van der Waals surface area contributed by atoms with E-state index in [0.717, 1.165) is 5.69 Å². The zero-order valence-electron chi connectivity index (χ0n) is 13.9. The molecule has 1 saturated carbocycles. The maximum Gasteiger partial charge on any atom is 0.272 e. The largest absolute Gasteiger partial charge is 0.393 e. The number of anilines is 1. The van der Waals surface area contributed by atoms with E-state index in [4.69, 9.17) is 11.6 Å². The average molecular weight is 379 g/mol. The molecule has 1 saturated heterocycles. The standard InChI is InChI=1S/C18H17ClF2N4O/c19-17-7-15(24-5-3-14(26)4-6-24)13(10-22-17)2-1-12-9-23-25(11-12)16-8-18(16,20)21/h7,9-11,14,16,26H,3-6,8H2. The highest BCUT2D eigenvalue weighted by atomic mass is 35.5. The number of rotatable bonds is 2. The highest BCUT2D eigenvalue weighted by Gasteiger charge is 2.59. The zero-order valence-corrected chi connectivity index (χ0v) is 14.6. The minimum atomic E-state index is -2.66. The smallest absolute Gasteiger partial charge is 0.272 e. The monoisotopic (exact) mass is 378 g/mol. The maximum absolute atomic E-state index is 13.1. The summed E-state index contributed by atoms with van der Waals surface area (Å²) in [5.74, 6) is 3.34. The maximum atomic E-state index is 13.1. The molecule has 1 aliphatic carbocycles. The normalized spacial score (nSPS) is 22.0. The Hall–Kier alpha value is -2.17. The van der Waals surface area contributed by atoms with Crippen LogP contribution in [0.3, 0.4) is 0 Å². The van der Waals surface area contributed by atoms with Crippen molar-refractivity contribution in [2.24, 2.45) is 0 Å². The summed E-state index contributed by atoms with van der Waals surface area (Å²) in [5.41, 5.74) is 2.14. The van der Waals surface area contributed by atoms with Gasteiger partial charge in [0.2, 0.25) is 0 Å². The molecule has 2 aromatic rings. The minimum Gasteiger partial charge on any atom is -0.393 e. The number of hydrogen-bond donors (Lipinski definition) is 1. The summed E-state index contributed by atoms with van der Waals surface area (Å²) in [4.78, 5) is 6.21. The summed E-state index contributed by atoms with van der Waals surface area (Å²) in [6.45, 7) is 1.43. The first-order chi connectivity index (χ1) is 12.4. The van der Waals surface area contributed by atoms with E-state index >= 15 is 0 Å². The van der Waals surface area contributed by atoms with E-state index in [-0.39, 0.29) is 12.5 Å². The van der Waals surface area contributed by atoms with Crippen LogP contribution in [0, 0.1) is 11.8 Å².